The van der Waals surface area contributed by atoms with Crippen molar-refractivity contribution in [3.8, 4) is 11.3 Å². The maximum absolute atomic E-state index is 12.8. The van der Waals surface area contributed by atoms with Crippen LogP contribution in [-0.4, -0.2) is 18.1 Å². The molecule has 0 radical (unpaired) electrons. The highest BCUT2D eigenvalue weighted by Crippen LogP contribution is 2.26. The number of hydrogen-bond acceptors (Lipinski definition) is 3. The lowest BCUT2D eigenvalue weighted by Gasteiger charge is -2.01. The minimum absolute atomic E-state index is 0.242. The third-order valence-corrected chi connectivity index (χ3v) is 3.06. The van der Waals surface area contributed by atoms with E-state index in [2.05, 4.69) is 10.3 Å². The third kappa shape index (κ3) is 2.08. The Morgan fingerprint density at radius 2 is 2.12 bits per heavy atom. The second-order valence-corrected chi connectivity index (χ2v) is 4.26. The Hall–Kier alpha value is -1.68. The highest BCUT2D eigenvalue weighted by molar-refractivity contribution is 5.55. The summed E-state index contributed by atoms with van der Waals surface area (Å²) < 4.78 is 18.5. The average molecular weight is 232 g/mol. The predicted molar refractivity (Wildman–Crippen MR) is 62.1 cm³/mol. The summed E-state index contributed by atoms with van der Waals surface area (Å²) in [4.78, 5) is 4.30. The zero-order chi connectivity index (χ0) is 11.7. The second-order valence-electron chi connectivity index (χ2n) is 4.26. The van der Waals surface area contributed by atoms with Gasteiger partial charge in [-0.3, -0.25) is 0 Å². The van der Waals surface area contributed by atoms with Crippen molar-refractivity contribution in [3.63, 3.8) is 0 Å². The largest absolute Gasteiger partial charge is 0.440 e. The summed E-state index contributed by atoms with van der Waals surface area (Å²) in [6.07, 6.45) is 2.77. The standard InChI is InChI=1S/C13H13FN2O/c14-11-3-1-9(2-4-11)12-8-16-13(17-12)10-5-6-15-7-10/h1-4,8,10,15H,5-7H2. The van der Waals surface area contributed by atoms with Gasteiger partial charge in [0, 0.05) is 18.0 Å². The van der Waals surface area contributed by atoms with Gasteiger partial charge in [0.25, 0.3) is 0 Å². The Morgan fingerprint density at radius 1 is 1.29 bits per heavy atom. The van der Waals surface area contributed by atoms with E-state index in [9.17, 15) is 4.39 Å². The number of benzene rings is 1. The van der Waals surface area contributed by atoms with Crippen LogP contribution in [0.3, 0.4) is 0 Å². The van der Waals surface area contributed by atoms with E-state index in [1.807, 2.05) is 0 Å². The molecule has 1 atom stereocenters. The molecule has 88 valence electrons. The van der Waals surface area contributed by atoms with E-state index < -0.39 is 0 Å². The number of rotatable bonds is 2. The molecule has 0 spiro atoms. The zero-order valence-corrected chi connectivity index (χ0v) is 9.32. The van der Waals surface area contributed by atoms with E-state index in [4.69, 9.17) is 4.42 Å². The van der Waals surface area contributed by atoms with Gasteiger partial charge in [-0.2, -0.15) is 0 Å². The quantitative estimate of drug-likeness (QED) is 0.864. The monoisotopic (exact) mass is 232 g/mol. The smallest absolute Gasteiger partial charge is 0.199 e. The maximum Gasteiger partial charge on any atom is 0.199 e. The molecule has 1 N–H and O–H groups in total. The minimum Gasteiger partial charge on any atom is -0.440 e. The normalized spacial score (nSPS) is 19.7. The third-order valence-electron chi connectivity index (χ3n) is 3.06. The van der Waals surface area contributed by atoms with E-state index in [1.54, 1.807) is 18.3 Å². The molecule has 1 aromatic heterocycles. The van der Waals surface area contributed by atoms with Gasteiger partial charge in [0.2, 0.25) is 0 Å². The minimum atomic E-state index is -0.242. The Morgan fingerprint density at radius 3 is 2.82 bits per heavy atom. The molecule has 1 aromatic carbocycles. The van der Waals surface area contributed by atoms with E-state index in [0.29, 0.717) is 11.7 Å². The van der Waals surface area contributed by atoms with Crippen LogP contribution in [-0.2, 0) is 0 Å². The second kappa shape index (κ2) is 4.30. The van der Waals surface area contributed by atoms with Gasteiger partial charge >= 0.3 is 0 Å². The molecule has 1 saturated heterocycles. The molecule has 1 aliphatic rings. The van der Waals surface area contributed by atoms with Crippen molar-refractivity contribution in [2.24, 2.45) is 0 Å². The van der Waals surface area contributed by atoms with Crippen molar-refractivity contribution in [3.05, 3.63) is 42.2 Å². The summed E-state index contributed by atoms with van der Waals surface area (Å²) in [7, 11) is 0. The summed E-state index contributed by atoms with van der Waals surface area (Å²) in [6, 6.07) is 6.25. The van der Waals surface area contributed by atoms with Crippen LogP contribution in [0.1, 0.15) is 18.2 Å². The number of hydrogen-bond donors (Lipinski definition) is 1. The lowest BCUT2D eigenvalue weighted by atomic mass is 10.1. The zero-order valence-electron chi connectivity index (χ0n) is 9.32. The van der Waals surface area contributed by atoms with Gasteiger partial charge in [0.05, 0.1) is 6.20 Å². The van der Waals surface area contributed by atoms with E-state index in [-0.39, 0.29) is 5.82 Å². The molecule has 1 unspecified atom stereocenters. The molecule has 2 heterocycles. The molecule has 17 heavy (non-hydrogen) atoms. The van der Waals surface area contributed by atoms with Gasteiger partial charge < -0.3 is 9.73 Å². The molecule has 3 nitrogen and oxygen atoms in total. The van der Waals surface area contributed by atoms with Crippen LogP contribution < -0.4 is 5.32 Å². The fraction of sp³-hybridized carbons (Fsp3) is 0.308. The number of halogens is 1. The van der Waals surface area contributed by atoms with Crippen LogP contribution in [0.25, 0.3) is 11.3 Å². The Bertz CT molecular complexity index is 500. The van der Waals surface area contributed by atoms with Gasteiger partial charge in [-0.1, -0.05) is 0 Å². The van der Waals surface area contributed by atoms with Gasteiger partial charge in [0.1, 0.15) is 5.82 Å². The summed E-state index contributed by atoms with van der Waals surface area (Å²) in [6.45, 7) is 1.93. The molecular formula is C13H13FN2O. The van der Waals surface area contributed by atoms with E-state index in [1.165, 1.54) is 12.1 Å². The molecule has 1 aliphatic heterocycles. The van der Waals surface area contributed by atoms with Gasteiger partial charge in [-0.25, -0.2) is 9.37 Å². The first-order valence-electron chi connectivity index (χ1n) is 5.75. The van der Waals surface area contributed by atoms with Crippen LogP contribution in [0, 0.1) is 5.82 Å². The molecule has 0 amide bonds. The fourth-order valence-electron chi connectivity index (χ4n) is 2.09. The lowest BCUT2D eigenvalue weighted by Crippen LogP contribution is -2.07. The van der Waals surface area contributed by atoms with Crippen molar-refractivity contribution in [1.82, 2.24) is 10.3 Å². The van der Waals surface area contributed by atoms with E-state index in [0.717, 1.165) is 31.0 Å². The van der Waals surface area contributed by atoms with Crippen LogP contribution in [0.15, 0.2) is 34.9 Å². The van der Waals surface area contributed by atoms with Gasteiger partial charge in [-0.15, -0.1) is 0 Å². The molecular weight excluding hydrogens is 219 g/mol. The molecule has 3 rings (SSSR count). The highest BCUT2D eigenvalue weighted by Gasteiger charge is 2.21. The Balaban J connectivity index is 1.86. The number of nitrogens with zero attached hydrogens (tertiary/aromatic N) is 1. The Kier molecular flexibility index (Phi) is 2.65. The van der Waals surface area contributed by atoms with Crippen LogP contribution in [0.2, 0.25) is 0 Å². The van der Waals surface area contributed by atoms with Crippen molar-refractivity contribution in [2.75, 3.05) is 13.1 Å². The molecule has 0 saturated carbocycles. The molecule has 4 heteroatoms. The summed E-state index contributed by atoms with van der Waals surface area (Å²) >= 11 is 0. The molecule has 0 aliphatic carbocycles. The predicted octanol–water partition coefficient (Wildman–Crippen LogP) is 2.56. The Labute approximate surface area is 98.7 Å². The summed E-state index contributed by atoms with van der Waals surface area (Å²) in [5.74, 6) is 1.60. The first-order chi connectivity index (χ1) is 8.33. The van der Waals surface area contributed by atoms with Crippen LogP contribution >= 0.6 is 0 Å². The number of nitrogens with one attached hydrogen (secondary N) is 1. The van der Waals surface area contributed by atoms with Crippen molar-refractivity contribution >= 4 is 0 Å². The SMILES string of the molecule is Fc1ccc(-c2cnc(C3CCNC3)o2)cc1. The van der Waals surface area contributed by atoms with Gasteiger partial charge in [0.15, 0.2) is 11.7 Å². The van der Waals surface area contributed by atoms with Crippen molar-refractivity contribution in [2.45, 2.75) is 12.3 Å². The first kappa shape index (κ1) is 10.5. The maximum atomic E-state index is 12.8. The summed E-state index contributed by atoms with van der Waals surface area (Å²) in [5, 5.41) is 3.28. The topological polar surface area (TPSA) is 38.1 Å². The number of aromatic nitrogens is 1. The van der Waals surface area contributed by atoms with Crippen molar-refractivity contribution < 1.29 is 8.81 Å². The van der Waals surface area contributed by atoms with Crippen LogP contribution in [0.4, 0.5) is 4.39 Å². The average Bonchev–Trinajstić information content (AvgIpc) is 3.00. The number of oxazole rings is 1. The van der Waals surface area contributed by atoms with E-state index >= 15 is 0 Å². The van der Waals surface area contributed by atoms with Crippen LogP contribution in [0.5, 0.6) is 0 Å². The first-order valence-corrected chi connectivity index (χ1v) is 5.75. The van der Waals surface area contributed by atoms with Gasteiger partial charge in [-0.05, 0) is 37.2 Å². The molecule has 0 bridgehead atoms. The highest BCUT2D eigenvalue weighted by atomic mass is 19.1. The fourth-order valence-corrected chi connectivity index (χ4v) is 2.09. The molecule has 2 aromatic rings. The lowest BCUT2D eigenvalue weighted by molar-refractivity contribution is 0.467. The molecule has 1 fully saturated rings. The van der Waals surface area contributed by atoms with Crippen molar-refractivity contribution in [1.29, 1.82) is 0 Å². The summed E-state index contributed by atoms with van der Waals surface area (Å²) in [5.41, 5.74) is 0.858.